The van der Waals surface area contributed by atoms with Crippen molar-refractivity contribution in [1.82, 2.24) is 4.98 Å². The zero-order valence-electron chi connectivity index (χ0n) is 12.7. The molecular weight excluding hydrogens is 286 g/mol. The highest BCUT2D eigenvalue weighted by Gasteiger charge is 2.34. The highest BCUT2D eigenvalue weighted by atomic mass is 32.2. The van der Waals surface area contributed by atoms with Gasteiger partial charge in [-0.05, 0) is 24.7 Å². The molecule has 112 valence electrons. The molecule has 3 rings (SSSR count). The number of rotatable bonds is 2. The maximum atomic E-state index is 6.37. The monoisotopic (exact) mass is 311 g/mol. The number of aromatic nitrogens is 1. The summed E-state index contributed by atoms with van der Waals surface area (Å²) in [5, 5.41) is 1.97. The third-order valence-corrected chi connectivity index (χ3v) is 7.00. The highest BCUT2D eigenvalue weighted by Crippen LogP contribution is 2.44. The van der Waals surface area contributed by atoms with Crippen LogP contribution in [-0.4, -0.2) is 29.1 Å². The fourth-order valence-electron chi connectivity index (χ4n) is 3.26. The summed E-state index contributed by atoms with van der Waals surface area (Å²) in [6, 6.07) is 0.182. The summed E-state index contributed by atoms with van der Waals surface area (Å²) in [6.07, 6.45) is 3.40. The van der Waals surface area contributed by atoms with Gasteiger partial charge in [-0.2, -0.15) is 11.8 Å². The van der Waals surface area contributed by atoms with Crippen molar-refractivity contribution in [2.45, 2.75) is 51.3 Å². The molecule has 2 N–H and O–H groups in total. The third kappa shape index (κ3) is 2.85. The van der Waals surface area contributed by atoms with Gasteiger partial charge >= 0.3 is 0 Å². The van der Waals surface area contributed by atoms with Gasteiger partial charge in [0.2, 0.25) is 0 Å². The molecule has 3 nitrogen and oxygen atoms in total. The van der Waals surface area contributed by atoms with Gasteiger partial charge in [-0.25, -0.2) is 4.98 Å². The summed E-state index contributed by atoms with van der Waals surface area (Å²) in [4.78, 5) is 8.76. The second-order valence-corrected chi connectivity index (χ2v) is 9.22. The summed E-state index contributed by atoms with van der Waals surface area (Å²) < 4.78 is 0. The van der Waals surface area contributed by atoms with E-state index in [2.05, 4.69) is 37.4 Å². The van der Waals surface area contributed by atoms with Gasteiger partial charge in [-0.1, -0.05) is 32.1 Å². The average Bonchev–Trinajstić information content (AvgIpc) is 2.81. The summed E-state index contributed by atoms with van der Waals surface area (Å²) in [7, 11) is 0. The van der Waals surface area contributed by atoms with Crippen molar-refractivity contribution < 1.29 is 0 Å². The fourth-order valence-corrected chi connectivity index (χ4v) is 5.55. The van der Waals surface area contributed by atoms with Gasteiger partial charge in [-0.3, -0.25) is 0 Å². The van der Waals surface area contributed by atoms with Crippen LogP contribution < -0.4 is 10.6 Å². The van der Waals surface area contributed by atoms with Crippen LogP contribution in [-0.2, 0) is 6.42 Å². The summed E-state index contributed by atoms with van der Waals surface area (Å²) in [6.45, 7) is 9.17. The van der Waals surface area contributed by atoms with E-state index in [4.69, 9.17) is 10.7 Å². The Morgan fingerprint density at radius 1 is 1.45 bits per heavy atom. The molecule has 5 heteroatoms. The van der Waals surface area contributed by atoms with Crippen molar-refractivity contribution in [2.24, 2.45) is 11.1 Å². The minimum atomic E-state index is 0.182. The van der Waals surface area contributed by atoms with Gasteiger partial charge in [-0.15, -0.1) is 0 Å². The quantitative estimate of drug-likeness (QED) is 0.908. The van der Waals surface area contributed by atoms with Crippen molar-refractivity contribution >= 4 is 28.2 Å². The van der Waals surface area contributed by atoms with E-state index >= 15 is 0 Å². The van der Waals surface area contributed by atoms with Gasteiger partial charge < -0.3 is 10.6 Å². The largest absolute Gasteiger partial charge is 0.346 e. The van der Waals surface area contributed by atoms with E-state index in [-0.39, 0.29) is 6.04 Å². The Balaban J connectivity index is 1.83. The molecule has 2 aliphatic rings. The molecule has 1 saturated heterocycles. The molecule has 1 aliphatic carbocycles. The normalized spacial score (nSPS) is 29.3. The Morgan fingerprint density at radius 3 is 3.00 bits per heavy atom. The van der Waals surface area contributed by atoms with Gasteiger partial charge in [0.15, 0.2) is 5.13 Å². The van der Waals surface area contributed by atoms with Crippen molar-refractivity contribution in [2.75, 3.05) is 23.7 Å². The summed E-state index contributed by atoms with van der Waals surface area (Å²) in [5.41, 5.74) is 7.92. The van der Waals surface area contributed by atoms with Gasteiger partial charge in [0.1, 0.15) is 0 Å². The number of anilines is 1. The van der Waals surface area contributed by atoms with Crippen LogP contribution in [0.15, 0.2) is 0 Å². The average molecular weight is 312 g/mol. The Kier molecular flexibility index (Phi) is 4.04. The minimum absolute atomic E-state index is 0.182. The Bertz CT molecular complexity index is 483. The molecule has 0 amide bonds. The lowest BCUT2D eigenvalue weighted by Crippen LogP contribution is -2.37. The molecule has 2 unspecified atom stereocenters. The smallest absolute Gasteiger partial charge is 0.185 e. The first-order chi connectivity index (χ1) is 9.48. The number of thioether (sulfide) groups is 1. The first-order valence-corrected chi connectivity index (χ1v) is 9.47. The van der Waals surface area contributed by atoms with Crippen LogP contribution in [0.4, 0.5) is 5.13 Å². The lowest BCUT2D eigenvalue weighted by atomic mass is 9.77. The van der Waals surface area contributed by atoms with Crippen molar-refractivity contribution in [3.63, 3.8) is 0 Å². The molecule has 1 aromatic rings. The van der Waals surface area contributed by atoms with Crippen LogP contribution in [0.25, 0.3) is 0 Å². The molecule has 2 atom stereocenters. The van der Waals surface area contributed by atoms with Crippen molar-refractivity contribution in [3.05, 3.63) is 10.6 Å². The number of nitrogens with zero attached hydrogens (tertiary/aromatic N) is 2. The minimum Gasteiger partial charge on any atom is -0.346 e. The van der Waals surface area contributed by atoms with E-state index in [1.807, 2.05) is 11.3 Å². The van der Waals surface area contributed by atoms with Crippen LogP contribution in [0.1, 0.15) is 50.2 Å². The first-order valence-electron chi connectivity index (χ1n) is 7.60. The molecule has 1 fully saturated rings. The van der Waals surface area contributed by atoms with E-state index in [0.717, 1.165) is 31.2 Å². The van der Waals surface area contributed by atoms with E-state index in [1.54, 1.807) is 0 Å². The molecule has 0 spiro atoms. The molecule has 0 radical (unpaired) electrons. The van der Waals surface area contributed by atoms with Crippen molar-refractivity contribution in [3.8, 4) is 0 Å². The maximum absolute atomic E-state index is 6.37. The number of fused-ring (bicyclic) bond motifs is 1. The lowest BCUT2D eigenvalue weighted by Gasteiger charge is -2.32. The predicted octanol–water partition coefficient (Wildman–Crippen LogP) is 3.45. The second-order valence-electron chi connectivity index (χ2n) is 6.81. The first kappa shape index (κ1) is 14.7. The molecule has 0 aromatic carbocycles. The van der Waals surface area contributed by atoms with Crippen LogP contribution in [0.5, 0.6) is 0 Å². The molecule has 0 bridgehead atoms. The Morgan fingerprint density at radius 2 is 2.25 bits per heavy atom. The fraction of sp³-hybridized carbons (Fsp3) is 0.800. The lowest BCUT2D eigenvalue weighted by molar-refractivity contribution is 0.282. The molecular formula is C15H25N3S2. The topological polar surface area (TPSA) is 42.2 Å². The number of nitrogens with two attached hydrogens (primary N) is 1. The van der Waals surface area contributed by atoms with Crippen LogP contribution in [0.2, 0.25) is 0 Å². The second kappa shape index (κ2) is 5.50. The van der Waals surface area contributed by atoms with Crippen molar-refractivity contribution in [1.29, 1.82) is 0 Å². The van der Waals surface area contributed by atoms with Crippen LogP contribution in [0, 0.1) is 5.41 Å². The van der Waals surface area contributed by atoms with Crippen LogP contribution in [0.3, 0.4) is 0 Å². The zero-order chi connectivity index (χ0) is 14.3. The molecule has 0 saturated carbocycles. The molecule has 20 heavy (non-hydrogen) atoms. The highest BCUT2D eigenvalue weighted by molar-refractivity contribution is 8.00. The Hall–Kier alpha value is -0.260. The van der Waals surface area contributed by atoms with Gasteiger partial charge in [0.05, 0.1) is 5.69 Å². The van der Waals surface area contributed by atoms with E-state index in [1.165, 1.54) is 27.9 Å². The molecule has 1 aromatic heterocycles. The van der Waals surface area contributed by atoms with Crippen LogP contribution >= 0.6 is 23.1 Å². The summed E-state index contributed by atoms with van der Waals surface area (Å²) >= 11 is 3.95. The molecule has 1 aliphatic heterocycles. The maximum Gasteiger partial charge on any atom is 0.185 e. The molecule has 2 heterocycles. The van der Waals surface area contributed by atoms with E-state index < -0.39 is 0 Å². The predicted molar refractivity (Wildman–Crippen MR) is 89.9 cm³/mol. The SMILES string of the molecule is CCC1CN(c2nc3c(s2)C(N)CC(C)(C)C3)CCS1. The summed E-state index contributed by atoms with van der Waals surface area (Å²) in [5.74, 6) is 1.22. The van der Waals surface area contributed by atoms with Gasteiger partial charge in [0.25, 0.3) is 0 Å². The Labute approximate surface area is 130 Å². The number of hydrogen-bond acceptors (Lipinski definition) is 5. The third-order valence-electron chi connectivity index (χ3n) is 4.34. The number of thiazole rings is 1. The van der Waals surface area contributed by atoms with Gasteiger partial charge in [0, 0.05) is 35.0 Å². The van der Waals surface area contributed by atoms with E-state index in [0.29, 0.717) is 5.41 Å². The standard InChI is InChI=1S/C15H25N3S2/c1-4-10-9-18(5-6-19-10)14-17-12-8-15(2,3)7-11(16)13(12)20-14/h10-11H,4-9,16H2,1-3H3. The van der Waals surface area contributed by atoms with E-state index in [9.17, 15) is 0 Å². The zero-order valence-corrected chi connectivity index (χ0v) is 14.3. The number of hydrogen-bond donors (Lipinski definition) is 1.